The van der Waals surface area contributed by atoms with Crippen molar-refractivity contribution >= 4 is 21.2 Å². The molecule has 0 spiro atoms. The van der Waals surface area contributed by atoms with E-state index in [1.54, 1.807) is 27.0 Å². The Kier molecular flexibility index (Phi) is 5.16. The van der Waals surface area contributed by atoms with Crippen molar-refractivity contribution in [1.29, 1.82) is 0 Å². The summed E-state index contributed by atoms with van der Waals surface area (Å²) in [5.41, 5.74) is 2.47. The van der Waals surface area contributed by atoms with E-state index in [2.05, 4.69) is 19.7 Å². The topological polar surface area (TPSA) is 101 Å². The fraction of sp³-hybridized carbons (Fsp3) is 0.476. The highest BCUT2D eigenvalue weighted by Gasteiger charge is 2.33. The van der Waals surface area contributed by atoms with Gasteiger partial charge in [-0.1, -0.05) is 30.3 Å². The minimum absolute atomic E-state index is 0.00988. The molecule has 1 aliphatic rings. The van der Waals surface area contributed by atoms with E-state index >= 15 is 0 Å². The van der Waals surface area contributed by atoms with Gasteiger partial charge in [-0.2, -0.15) is 0 Å². The molecule has 8 heteroatoms. The van der Waals surface area contributed by atoms with Crippen LogP contribution in [0.25, 0.3) is 22.6 Å². The number of fused-ring (bicyclic) bond motifs is 1. The number of aromatic nitrogens is 4. The van der Waals surface area contributed by atoms with Crippen molar-refractivity contribution in [3.63, 3.8) is 0 Å². The second-order valence-electron chi connectivity index (χ2n) is 8.70. The van der Waals surface area contributed by atoms with E-state index in [0.29, 0.717) is 5.82 Å². The monoisotopic (exact) mass is 413 g/mol. The molecule has 1 aliphatic carbocycles. The van der Waals surface area contributed by atoms with Gasteiger partial charge in [0, 0.05) is 17.5 Å². The van der Waals surface area contributed by atoms with E-state index in [1.165, 1.54) is 0 Å². The molecular formula is C21H27N5O2S. The molecule has 2 heterocycles. The minimum atomic E-state index is -3.32. The van der Waals surface area contributed by atoms with Crippen molar-refractivity contribution in [3.05, 3.63) is 42.4 Å². The van der Waals surface area contributed by atoms with Gasteiger partial charge in [-0.05, 0) is 46.5 Å². The number of H-pyrrole nitrogens is 1. The highest BCUT2D eigenvalue weighted by molar-refractivity contribution is 7.90. The lowest BCUT2D eigenvalue weighted by Crippen LogP contribution is -2.45. The number of aromatic amines is 1. The molecule has 1 aromatic carbocycles. The fourth-order valence-corrected chi connectivity index (χ4v) is 4.66. The number of imidazole rings is 1. The normalized spacial score (nSPS) is 20.8. The average molecular weight is 414 g/mol. The Hall–Kier alpha value is -2.32. The lowest BCUT2D eigenvalue weighted by Gasteiger charge is -2.30. The van der Waals surface area contributed by atoms with Crippen molar-refractivity contribution in [2.24, 2.45) is 0 Å². The average Bonchev–Trinajstić information content (AvgIpc) is 3.11. The summed E-state index contributed by atoms with van der Waals surface area (Å²) in [7, 11) is -3.32. The van der Waals surface area contributed by atoms with Crippen LogP contribution in [0.2, 0.25) is 0 Å². The summed E-state index contributed by atoms with van der Waals surface area (Å²) in [6, 6.07) is 9.86. The standard InChI is InChI=1S/C21H27N5O2S/c1-21(2,3)29(27,28)26-16-11-9-15(10-12-16)19-23-17-13-22-18(24-20(17)25-19)14-7-5-4-6-8-14/h4-8,13,15-16,26H,9-12H2,1-3H3,(H,22,23,24,25)/t15-,16+. The largest absolute Gasteiger partial charge is 0.326 e. The maximum absolute atomic E-state index is 12.4. The van der Waals surface area contributed by atoms with E-state index in [0.717, 1.165) is 48.2 Å². The minimum Gasteiger partial charge on any atom is -0.326 e. The summed E-state index contributed by atoms with van der Waals surface area (Å²) < 4.78 is 26.9. The Labute approximate surface area is 171 Å². The first-order valence-electron chi connectivity index (χ1n) is 10.0. The molecule has 1 fully saturated rings. The second kappa shape index (κ2) is 7.50. The highest BCUT2D eigenvalue weighted by Crippen LogP contribution is 2.33. The smallest absolute Gasteiger partial charge is 0.216 e. The number of hydrogen-bond acceptors (Lipinski definition) is 5. The molecule has 0 amide bonds. The summed E-state index contributed by atoms with van der Waals surface area (Å²) in [4.78, 5) is 17.1. The highest BCUT2D eigenvalue weighted by atomic mass is 32.2. The zero-order valence-corrected chi connectivity index (χ0v) is 17.8. The quantitative estimate of drug-likeness (QED) is 0.678. The maximum atomic E-state index is 12.4. The molecule has 0 bridgehead atoms. The second-order valence-corrected chi connectivity index (χ2v) is 11.2. The van der Waals surface area contributed by atoms with Crippen molar-refractivity contribution in [3.8, 4) is 11.4 Å². The molecule has 0 aliphatic heterocycles. The predicted octanol–water partition coefficient (Wildman–Crippen LogP) is 3.76. The molecule has 7 nitrogen and oxygen atoms in total. The van der Waals surface area contributed by atoms with Crippen LogP contribution in [0.1, 0.15) is 58.2 Å². The molecule has 2 aromatic heterocycles. The van der Waals surface area contributed by atoms with Crippen LogP contribution in [-0.4, -0.2) is 39.1 Å². The summed E-state index contributed by atoms with van der Waals surface area (Å²) in [6.07, 6.45) is 5.13. The SMILES string of the molecule is CC(C)(C)S(=O)(=O)N[C@H]1CC[C@@H](c2nc3cnc(-c4ccccc4)nc3[nH]2)CC1. The first-order chi connectivity index (χ1) is 13.7. The van der Waals surface area contributed by atoms with E-state index in [9.17, 15) is 8.42 Å². The number of sulfonamides is 1. The zero-order valence-electron chi connectivity index (χ0n) is 17.0. The predicted molar refractivity (Wildman–Crippen MR) is 114 cm³/mol. The number of nitrogens with one attached hydrogen (secondary N) is 2. The number of hydrogen-bond donors (Lipinski definition) is 2. The molecule has 3 aromatic rings. The van der Waals surface area contributed by atoms with Crippen LogP contribution >= 0.6 is 0 Å². The van der Waals surface area contributed by atoms with Gasteiger partial charge in [0.15, 0.2) is 11.5 Å². The van der Waals surface area contributed by atoms with Crippen LogP contribution < -0.4 is 4.72 Å². The molecule has 0 saturated heterocycles. The molecule has 29 heavy (non-hydrogen) atoms. The van der Waals surface area contributed by atoms with Gasteiger partial charge in [0.2, 0.25) is 10.0 Å². The van der Waals surface area contributed by atoms with Crippen LogP contribution in [0.3, 0.4) is 0 Å². The lowest BCUT2D eigenvalue weighted by molar-refractivity contribution is 0.364. The summed E-state index contributed by atoms with van der Waals surface area (Å²) in [6.45, 7) is 5.17. The molecule has 0 atom stereocenters. The third-order valence-electron chi connectivity index (χ3n) is 5.53. The van der Waals surface area contributed by atoms with Crippen LogP contribution in [0.15, 0.2) is 36.5 Å². The van der Waals surface area contributed by atoms with Crippen LogP contribution in [-0.2, 0) is 10.0 Å². The van der Waals surface area contributed by atoms with Gasteiger partial charge in [0.1, 0.15) is 11.3 Å². The first kappa shape index (κ1) is 20.0. The Morgan fingerprint density at radius 3 is 2.38 bits per heavy atom. The Morgan fingerprint density at radius 1 is 1.03 bits per heavy atom. The van der Waals surface area contributed by atoms with Gasteiger partial charge in [-0.15, -0.1) is 0 Å². The van der Waals surface area contributed by atoms with Crippen molar-refractivity contribution < 1.29 is 8.42 Å². The van der Waals surface area contributed by atoms with E-state index in [-0.39, 0.29) is 12.0 Å². The molecular weight excluding hydrogens is 386 g/mol. The Bertz CT molecular complexity index is 1100. The zero-order chi connectivity index (χ0) is 20.6. The fourth-order valence-electron chi connectivity index (χ4n) is 3.63. The van der Waals surface area contributed by atoms with Crippen molar-refractivity contribution in [1.82, 2.24) is 24.7 Å². The lowest BCUT2D eigenvalue weighted by atomic mass is 9.86. The van der Waals surface area contributed by atoms with Gasteiger partial charge in [0.05, 0.1) is 10.9 Å². The summed E-state index contributed by atoms with van der Waals surface area (Å²) in [5, 5.41) is 0. The van der Waals surface area contributed by atoms with Gasteiger partial charge in [0.25, 0.3) is 0 Å². The number of benzene rings is 1. The molecule has 2 N–H and O–H groups in total. The van der Waals surface area contributed by atoms with E-state index in [4.69, 9.17) is 4.98 Å². The first-order valence-corrected chi connectivity index (χ1v) is 11.5. The van der Waals surface area contributed by atoms with Gasteiger partial charge in [-0.3, -0.25) is 0 Å². The van der Waals surface area contributed by atoms with Gasteiger partial charge < -0.3 is 4.98 Å². The third-order valence-corrected chi connectivity index (χ3v) is 7.79. The van der Waals surface area contributed by atoms with E-state index < -0.39 is 14.8 Å². The van der Waals surface area contributed by atoms with Crippen LogP contribution in [0.4, 0.5) is 0 Å². The molecule has 4 rings (SSSR count). The van der Waals surface area contributed by atoms with Crippen LogP contribution in [0, 0.1) is 0 Å². The van der Waals surface area contributed by atoms with E-state index in [1.807, 2.05) is 30.3 Å². The van der Waals surface area contributed by atoms with Crippen LogP contribution in [0.5, 0.6) is 0 Å². The van der Waals surface area contributed by atoms with Crippen molar-refractivity contribution in [2.45, 2.75) is 63.2 Å². The molecule has 154 valence electrons. The van der Waals surface area contributed by atoms with Crippen molar-refractivity contribution in [2.75, 3.05) is 0 Å². The molecule has 0 radical (unpaired) electrons. The van der Waals surface area contributed by atoms with Gasteiger partial charge >= 0.3 is 0 Å². The molecule has 1 saturated carbocycles. The summed E-state index contributed by atoms with van der Waals surface area (Å²) in [5.74, 6) is 1.87. The Balaban J connectivity index is 1.46. The molecule has 0 unspecified atom stereocenters. The summed E-state index contributed by atoms with van der Waals surface area (Å²) >= 11 is 0. The Morgan fingerprint density at radius 2 is 1.72 bits per heavy atom. The number of rotatable bonds is 4. The van der Waals surface area contributed by atoms with Gasteiger partial charge in [-0.25, -0.2) is 28.1 Å². The third kappa shape index (κ3) is 4.18. The maximum Gasteiger partial charge on any atom is 0.216 e. The number of nitrogens with zero attached hydrogens (tertiary/aromatic N) is 3.